The highest BCUT2D eigenvalue weighted by molar-refractivity contribution is 5.96. The van der Waals surface area contributed by atoms with E-state index < -0.39 is 0 Å². The van der Waals surface area contributed by atoms with Gasteiger partial charge < -0.3 is 9.73 Å². The summed E-state index contributed by atoms with van der Waals surface area (Å²) in [6, 6.07) is 12.1. The van der Waals surface area contributed by atoms with Gasteiger partial charge >= 0.3 is 0 Å². The summed E-state index contributed by atoms with van der Waals surface area (Å²) < 4.78 is 5.89. The summed E-state index contributed by atoms with van der Waals surface area (Å²) in [5, 5.41) is 3.36. The summed E-state index contributed by atoms with van der Waals surface area (Å²) in [4.78, 5) is 13.0. The summed E-state index contributed by atoms with van der Waals surface area (Å²) in [5.74, 6) is 4.18. The van der Waals surface area contributed by atoms with Crippen molar-refractivity contribution in [1.82, 2.24) is 5.32 Å². The van der Waals surface area contributed by atoms with Gasteiger partial charge in [0, 0.05) is 11.6 Å². The molecule has 4 aliphatic carbocycles. The summed E-state index contributed by atoms with van der Waals surface area (Å²) in [5.41, 5.74) is 2.00. The lowest BCUT2D eigenvalue weighted by atomic mass is 9.48. The largest absolute Gasteiger partial charge is 0.461 e. The Kier molecular flexibility index (Phi) is 3.96. The van der Waals surface area contributed by atoms with Crippen molar-refractivity contribution in [3.8, 4) is 11.3 Å². The number of hydrogen-bond acceptors (Lipinski definition) is 2. The van der Waals surface area contributed by atoms with E-state index in [0.29, 0.717) is 16.7 Å². The average Bonchev–Trinajstić information content (AvgIpc) is 3.03. The minimum atomic E-state index is 0.0154. The molecule has 142 valence electrons. The van der Waals surface area contributed by atoms with Crippen LogP contribution in [0.3, 0.4) is 0 Å². The Hall–Kier alpha value is -2.03. The van der Waals surface area contributed by atoms with Crippen molar-refractivity contribution in [2.24, 2.45) is 23.2 Å². The molecule has 4 fully saturated rings. The normalized spacial score (nSPS) is 32.4. The second-order valence-electron chi connectivity index (χ2n) is 9.42. The number of nitrogens with one attached hydrogen (secondary N) is 1. The van der Waals surface area contributed by atoms with Gasteiger partial charge in [-0.15, -0.1) is 0 Å². The van der Waals surface area contributed by atoms with E-state index in [-0.39, 0.29) is 11.9 Å². The van der Waals surface area contributed by atoms with E-state index in [2.05, 4.69) is 12.2 Å². The molecule has 1 N–H and O–H groups in total. The molecule has 3 heteroatoms. The molecule has 4 saturated carbocycles. The molecule has 4 aliphatic rings. The predicted molar refractivity (Wildman–Crippen MR) is 106 cm³/mol. The lowest BCUT2D eigenvalue weighted by molar-refractivity contribution is -0.0688. The van der Waals surface area contributed by atoms with Crippen LogP contribution in [0.15, 0.2) is 40.8 Å². The van der Waals surface area contributed by atoms with Crippen LogP contribution < -0.4 is 5.32 Å². The van der Waals surface area contributed by atoms with Crippen molar-refractivity contribution >= 4 is 5.91 Å². The molecule has 0 unspecified atom stereocenters. The topological polar surface area (TPSA) is 42.2 Å². The first-order valence-corrected chi connectivity index (χ1v) is 10.5. The van der Waals surface area contributed by atoms with E-state index in [9.17, 15) is 4.79 Å². The molecule has 4 bridgehead atoms. The van der Waals surface area contributed by atoms with E-state index in [1.165, 1.54) is 38.5 Å². The summed E-state index contributed by atoms with van der Waals surface area (Å²) in [7, 11) is 0. The monoisotopic (exact) mass is 363 g/mol. The van der Waals surface area contributed by atoms with Crippen LogP contribution in [0.2, 0.25) is 0 Å². The fourth-order valence-electron chi connectivity index (χ4n) is 6.59. The van der Waals surface area contributed by atoms with Crippen LogP contribution in [0.5, 0.6) is 0 Å². The highest BCUT2D eigenvalue weighted by atomic mass is 16.3. The fourth-order valence-corrected chi connectivity index (χ4v) is 6.59. The third-order valence-corrected chi connectivity index (χ3v) is 7.57. The Balaban J connectivity index is 1.34. The van der Waals surface area contributed by atoms with Gasteiger partial charge in [-0.3, -0.25) is 4.79 Å². The standard InChI is InChI=1S/C24H29NO2/c1-15-21(11-22(27-15)20-6-4-3-5-7-20)23(26)25-16(2)24-12-17-8-18(13-24)10-19(9-17)14-24/h3-7,11,16-19H,8-10,12-14H2,1-2H3,(H,25,26)/t16-,17?,18?,19?,24?/m0/s1. The van der Waals surface area contributed by atoms with Crippen LogP contribution >= 0.6 is 0 Å². The van der Waals surface area contributed by atoms with Crippen LogP contribution in [0.4, 0.5) is 0 Å². The number of furan rings is 1. The molecule has 1 atom stereocenters. The molecule has 1 aromatic heterocycles. The lowest BCUT2D eigenvalue weighted by Gasteiger charge is -2.59. The minimum absolute atomic E-state index is 0.0154. The Morgan fingerprint density at radius 3 is 2.26 bits per heavy atom. The van der Waals surface area contributed by atoms with E-state index >= 15 is 0 Å². The van der Waals surface area contributed by atoms with Gasteiger partial charge in [0.1, 0.15) is 11.5 Å². The van der Waals surface area contributed by atoms with Crippen LogP contribution in [0.1, 0.15) is 61.6 Å². The minimum Gasteiger partial charge on any atom is -0.461 e. The van der Waals surface area contributed by atoms with Crippen LogP contribution in [0.25, 0.3) is 11.3 Å². The van der Waals surface area contributed by atoms with Crippen molar-refractivity contribution < 1.29 is 9.21 Å². The van der Waals surface area contributed by atoms with Crippen molar-refractivity contribution in [1.29, 1.82) is 0 Å². The maximum atomic E-state index is 13.0. The third kappa shape index (κ3) is 2.92. The maximum Gasteiger partial charge on any atom is 0.255 e. The SMILES string of the molecule is Cc1oc(-c2ccccc2)cc1C(=O)N[C@@H](C)C12CC3CC(CC(C3)C1)C2. The number of hydrogen-bond donors (Lipinski definition) is 1. The molecule has 2 aromatic rings. The quantitative estimate of drug-likeness (QED) is 0.769. The van der Waals surface area contributed by atoms with Crippen LogP contribution in [-0.2, 0) is 0 Å². The van der Waals surface area contributed by atoms with Gasteiger partial charge in [0.15, 0.2) is 0 Å². The van der Waals surface area contributed by atoms with Crippen LogP contribution in [-0.4, -0.2) is 11.9 Å². The highest BCUT2D eigenvalue weighted by Crippen LogP contribution is 2.61. The second kappa shape index (κ2) is 6.25. The molecule has 1 aromatic carbocycles. The van der Waals surface area contributed by atoms with Gasteiger partial charge in [-0.1, -0.05) is 30.3 Å². The Morgan fingerprint density at radius 1 is 1.07 bits per heavy atom. The number of carbonyl (C=O) groups is 1. The zero-order valence-corrected chi connectivity index (χ0v) is 16.3. The number of benzene rings is 1. The second-order valence-corrected chi connectivity index (χ2v) is 9.42. The Bertz CT molecular complexity index is 815. The zero-order chi connectivity index (χ0) is 18.6. The first-order chi connectivity index (χ1) is 13.0. The van der Waals surface area contributed by atoms with Gasteiger partial charge in [-0.05, 0) is 81.6 Å². The van der Waals surface area contributed by atoms with Gasteiger partial charge in [0.05, 0.1) is 5.56 Å². The number of aryl methyl sites for hydroxylation is 1. The van der Waals surface area contributed by atoms with Crippen LogP contribution in [0, 0.1) is 30.1 Å². The highest BCUT2D eigenvalue weighted by Gasteiger charge is 2.53. The first kappa shape index (κ1) is 17.1. The summed E-state index contributed by atoms with van der Waals surface area (Å²) in [6.45, 7) is 4.12. The smallest absolute Gasteiger partial charge is 0.255 e. The predicted octanol–water partition coefficient (Wildman–Crippen LogP) is 5.59. The van der Waals surface area contributed by atoms with E-state index in [1.807, 2.05) is 43.3 Å². The third-order valence-electron chi connectivity index (χ3n) is 7.57. The molecule has 27 heavy (non-hydrogen) atoms. The van der Waals surface area contributed by atoms with E-state index in [0.717, 1.165) is 29.1 Å². The maximum absolute atomic E-state index is 13.0. The summed E-state index contributed by atoms with van der Waals surface area (Å²) >= 11 is 0. The van der Waals surface area contributed by atoms with Gasteiger partial charge in [-0.2, -0.15) is 0 Å². The summed E-state index contributed by atoms with van der Waals surface area (Å²) in [6.07, 6.45) is 8.21. The Labute approximate surface area is 161 Å². The van der Waals surface area contributed by atoms with Gasteiger partial charge in [0.2, 0.25) is 0 Å². The Morgan fingerprint density at radius 2 is 1.67 bits per heavy atom. The van der Waals surface area contributed by atoms with Crippen molar-refractivity contribution in [3.05, 3.63) is 47.7 Å². The molecular weight excluding hydrogens is 334 g/mol. The lowest BCUT2D eigenvalue weighted by Crippen LogP contribution is -2.55. The van der Waals surface area contributed by atoms with Crippen molar-refractivity contribution in [3.63, 3.8) is 0 Å². The number of carbonyl (C=O) groups excluding carboxylic acids is 1. The van der Waals surface area contributed by atoms with E-state index in [1.54, 1.807) is 0 Å². The van der Waals surface area contributed by atoms with Gasteiger partial charge in [-0.25, -0.2) is 0 Å². The number of amides is 1. The van der Waals surface area contributed by atoms with E-state index in [4.69, 9.17) is 4.42 Å². The molecule has 1 amide bonds. The fraction of sp³-hybridized carbons (Fsp3) is 0.542. The average molecular weight is 364 g/mol. The molecular formula is C24H29NO2. The van der Waals surface area contributed by atoms with Gasteiger partial charge in [0.25, 0.3) is 5.91 Å². The molecule has 0 radical (unpaired) electrons. The first-order valence-electron chi connectivity index (χ1n) is 10.5. The van der Waals surface area contributed by atoms with Crippen molar-refractivity contribution in [2.75, 3.05) is 0 Å². The molecule has 3 nitrogen and oxygen atoms in total. The number of rotatable bonds is 4. The molecule has 0 spiro atoms. The molecule has 0 saturated heterocycles. The van der Waals surface area contributed by atoms with Crippen molar-refractivity contribution in [2.45, 2.75) is 58.4 Å². The zero-order valence-electron chi connectivity index (χ0n) is 16.3. The molecule has 0 aliphatic heterocycles. The molecule has 6 rings (SSSR count). The molecule has 1 heterocycles.